The molecule has 2 rings (SSSR count). The predicted octanol–water partition coefficient (Wildman–Crippen LogP) is 3.78. The number of hydrogen-bond acceptors (Lipinski definition) is 3. The monoisotopic (exact) mass is 265 g/mol. The minimum atomic E-state index is 0.367. The summed E-state index contributed by atoms with van der Waals surface area (Å²) in [7, 11) is 1.75. The van der Waals surface area contributed by atoms with Crippen LogP contribution in [0.1, 0.15) is 25.8 Å². The molecular weight excluding hydrogens is 242 g/mol. The Morgan fingerprint density at radius 1 is 1.39 bits per heavy atom. The number of anilines is 1. The first-order chi connectivity index (χ1) is 8.63. The van der Waals surface area contributed by atoms with Crippen LogP contribution in [0.25, 0.3) is 0 Å². The van der Waals surface area contributed by atoms with E-state index in [0.717, 1.165) is 0 Å². The fraction of sp³-hybridized carbons (Fsp3) is 0.600. The van der Waals surface area contributed by atoms with Crippen LogP contribution in [0, 0.1) is 5.41 Å². The van der Waals surface area contributed by atoms with Crippen LogP contribution in [-0.2, 0) is 11.3 Å². The number of thioether (sulfide) groups is 1. The van der Waals surface area contributed by atoms with E-state index in [1.54, 1.807) is 7.11 Å². The summed E-state index contributed by atoms with van der Waals surface area (Å²) in [4.78, 5) is 0. The lowest BCUT2D eigenvalue weighted by molar-refractivity contribution is 0.185. The van der Waals surface area contributed by atoms with Crippen molar-refractivity contribution in [3.05, 3.63) is 29.8 Å². The molecule has 0 aromatic heterocycles. The van der Waals surface area contributed by atoms with E-state index >= 15 is 0 Å². The van der Waals surface area contributed by atoms with Gasteiger partial charge in [-0.05, 0) is 23.7 Å². The average molecular weight is 265 g/mol. The topological polar surface area (TPSA) is 21.3 Å². The number of methoxy groups -OCH3 is 1. The maximum absolute atomic E-state index is 5.26. The van der Waals surface area contributed by atoms with Gasteiger partial charge in [0.2, 0.25) is 0 Å². The molecule has 100 valence electrons. The van der Waals surface area contributed by atoms with Gasteiger partial charge in [0.05, 0.1) is 6.61 Å². The quantitative estimate of drug-likeness (QED) is 0.895. The van der Waals surface area contributed by atoms with Crippen molar-refractivity contribution >= 4 is 17.4 Å². The van der Waals surface area contributed by atoms with Crippen molar-refractivity contribution in [2.24, 2.45) is 5.41 Å². The fourth-order valence-corrected chi connectivity index (χ4v) is 3.91. The van der Waals surface area contributed by atoms with Gasteiger partial charge in [0, 0.05) is 30.2 Å². The molecule has 1 heterocycles. The molecule has 1 aromatic carbocycles. The van der Waals surface area contributed by atoms with Gasteiger partial charge in [0.25, 0.3) is 0 Å². The third-order valence-corrected chi connectivity index (χ3v) is 4.83. The van der Waals surface area contributed by atoms with Crippen LogP contribution < -0.4 is 5.32 Å². The van der Waals surface area contributed by atoms with Crippen molar-refractivity contribution in [3.8, 4) is 0 Å². The van der Waals surface area contributed by atoms with Crippen molar-refractivity contribution in [1.82, 2.24) is 0 Å². The van der Waals surface area contributed by atoms with Gasteiger partial charge >= 0.3 is 0 Å². The maximum Gasteiger partial charge on any atom is 0.0733 e. The normalized spacial score (nSPS) is 22.7. The molecule has 1 atom stereocenters. The average Bonchev–Trinajstić information content (AvgIpc) is 2.34. The summed E-state index contributed by atoms with van der Waals surface area (Å²) in [6.45, 7) is 5.40. The Hall–Kier alpha value is -0.670. The molecule has 18 heavy (non-hydrogen) atoms. The lowest BCUT2D eigenvalue weighted by Gasteiger charge is -2.39. The molecule has 0 bridgehead atoms. The summed E-state index contributed by atoms with van der Waals surface area (Å²) in [5.74, 6) is 2.47. The Balaban J connectivity index is 2.12. The van der Waals surface area contributed by atoms with Gasteiger partial charge in [-0.3, -0.25) is 0 Å². The highest BCUT2D eigenvalue weighted by Crippen LogP contribution is 2.36. The van der Waals surface area contributed by atoms with Crippen LogP contribution in [0.4, 0.5) is 5.69 Å². The first-order valence-electron chi connectivity index (χ1n) is 6.54. The van der Waals surface area contributed by atoms with Crippen LogP contribution in [0.3, 0.4) is 0 Å². The number of ether oxygens (including phenoxy) is 1. The summed E-state index contributed by atoms with van der Waals surface area (Å²) in [5, 5.41) is 3.72. The number of para-hydroxylation sites is 1. The minimum absolute atomic E-state index is 0.367. The molecule has 2 nitrogen and oxygen atoms in total. The van der Waals surface area contributed by atoms with E-state index in [1.807, 2.05) is 0 Å². The second-order valence-corrected chi connectivity index (χ2v) is 6.75. The minimum Gasteiger partial charge on any atom is -0.381 e. The van der Waals surface area contributed by atoms with Crippen molar-refractivity contribution in [2.75, 3.05) is 23.9 Å². The molecule has 1 N–H and O–H groups in total. The summed E-state index contributed by atoms with van der Waals surface area (Å²) in [6.07, 6.45) is 1.28. The van der Waals surface area contributed by atoms with E-state index in [2.05, 4.69) is 55.2 Å². The van der Waals surface area contributed by atoms with Crippen molar-refractivity contribution in [3.63, 3.8) is 0 Å². The van der Waals surface area contributed by atoms with Gasteiger partial charge in [0.1, 0.15) is 0 Å². The second-order valence-electron chi connectivity index (χ2n) is 5.60. The van der Waals surface area contributed by atoms with Crippen molar-refractivity contribution in [1.29, 1.82) is 0 Å². The lowest BCUT2D eigenvalue weighted by Crippen LogP contribution is -2.41. The van der Waals surface area contributed by atoms with E-state index in [1.165, 1.54) is 29.2 Å². The molecule has 1 fully saturated rings. The Kier molecular flexibility index (Phi) is 4.57. The van der Waals surface area contributed by atoms with Crippen LogP contribution in [0.5, 0.6) is 0 Å². The third-order valence-electron chi connectivity index (χ3n) is 3.77. The van der Waals surface area contributed by atoms with Gasteiger partial charge < -0.3 is 10.1 Å². The van der Waals surface area contributed by atoms with Crippen LogP contribution in [0.15, 0.2) is 24.3 Å². The standard InChI is InChI=1S/C15H23NOS/c1-15(2)8-9-18-11-14(15)16-13-7-5-4-6-12(13)10-17-3/h4-7,14,16H,8-11H2,1-3H3. The van der Waals surface area contributed by atoms with Gasteiger partial charge in [-0.1, -0.05) is 32.0 Å². The fourth-order valence-electron chi connectivity index (χ4n) is 2.30. The molecule has 1 aliphatic rings. The molecule has 1 aromatic rings. The van der Waals surface area contributed by atoms with E-state index in [0.29, 0.717) is 18.1 Å². The third kappa shape index (κ3) is 3.21. The SMILES string of the molecule is COCc1ccccc1NC1CSCCC1(C)C. The zero-order valence-electron chi connectivity index (χ0n) is 11.5. The number of nitrogens with one attached hydrogen (secondary N) is 1. The molecule has 0 amide bonds. The first-order valence-corrected chi connectivity index (χ1v) is 7.70. The van der Waals surface area contributed by atoms with E-state index in [-0.39, 0.29) is 0 Å². The van der Waals surface area contributed by atoms with Gasteiger partial charge in [-0.15, -0.1) is 0 Å². The van der Waals surface area contributed by atoms with E-state index in [9.17, 15) is 0 Å². The second kappa shape index (κ2) is 5.98. The molecule has 1 unspecified atom stereocenters. The lowest BCUT2D eigenvalue weighted by atomic mass is 9.82. The molecule has 3 heteroatoms. The van der Waals surface area contributed by atoms with Crippen molar-refractivity contribution in [2.45, 2.75) is 32.9 Å². The summed E-state index contributed by atoms with van der Waals surface area (Å²) < 4.78 is 5.26. The molecule has 1 aliphatic heterocycles. The van der Waals surface area contributed by atoms with Gasteiger partial charge in [-0.2, -0.15) is 11.8 Å². The van der Waals surface area contributed by atoms with Gasteiger partial charge in [-0.25, -0.2) is 0 Å². The number of hydrogen-bond donors (Lipinski definition) is 1. The van der Waals surface area contributed by atoms with E-state index < -0.39 is 0 Å². The smallest absolute Gasteiger partial charge is 0.0733 e. The predicted molar refractivity (Wildman–Crippen MR) is 80.3 cm³/mol. The van der Waals surface area contributed by atoms with Crippen molar-refractivity contribution < 1.29 is 4.74 Å². The van der Waals surface area contributed by atoms with E-state index in [4.69, 9.17) is 4.74 Å². The molecule has 0 spiro atoms. The highest BCUT2D eigenvalue weighted by atomic mass is 32.2. The zero-order valence-corrected chi connectivity index (χ0v) is 12.3. The van der Waals surface area contributed by atoms with Crippen LogP contribution in [0.2, 0.25) is 0 Å². The number of rotatable bonds is 4. The van der Waals surface area contributed by atoms with Crippen LogP contribution in [-0.4, -0.2) is 24.7 Å². The highest BCUT2D eigenvalue weighted by molar-refractivity contribution is 7.99. The Morgan fingerprint density at radius 2 is 2.17 bits per heavy atom. The number of benzene rings is 1. The maximum atomic E-state index is 5.26. The Morgan fingerprint density at radius 3 is 2.89 bits per heavy atom. The van der Waals surface area contributed by atoms with Gasteiger partial charge in [0.15, 0.2) is 0 Å². The largest absolute Gasteiger partial charge is 0.381 e. The first kappa shape index (κ1) is 13.8. The summed E-state index contributed by atoms with van der Waals surface area (Å²) in [6, 6.07) is 8.98. The molecule has 1 saturated heterocycles. The highest BCUT2D eigenvalue weighted by Gasteiger charge is 2.32. The molecule has 0 saturated carbocycles. The summed E-state index contributed by atoms with van der Waals surface area (Å²) in [5.41, 5.74) is 2.83. The van der Waals surface area contributed by atoms with Crippen LogP contribution >= 0.6 is 11.8 Å². The summed E-state index contributed by atoms with van der Waals surface area (Å²) >= 11 is 2.05. The Labute approximate surface area is 114 Å². The Bertz CT molecular complexity index is 392. The molecular formula is C15H23NOS. The molecule has 0 aliphatic carbocycles. The molecule has 0 radical (unpaired) electrons. The zero-order chi connectivity index (χ0) is 13.0.